The van der Waals surface area contributed by atoms with Gasteiger partial charge in [-0.2, -0.15) is 0 Å². The van der Waals surface area contributed by atoms with Gasteiger partial charge in [0.15, 0.2) is 0 Å². The van der Waals surface area contributed by atoms with Gasteiger partial charge in [-0.1, -0.05) is 141 Å². The van der Waals surface area contributed by atoms with E-state index in [1.807, 2.05) is 11.8 Å². The van der Waals surface area contributed by atoms with Gasteiger partial charge in [0.1, 0.15) is 5.75 Å². The number of aromatic nitrogens is 2. The fourth-order valence-electron chi connectivity index (χ4n) is 9.53. The predicted molar refractivity (Wildman–Crippen MR) is 246 cm³/mol. The number of ether oxygens (including phenoxy) is 1. The highest BCUT2D eigenvalue weighted by atomic mass is 32.2. The summed E-state index contributed by atoms with van der Waals surface area (Å²) in [4.78, 5) is 15.5. The molecule has 10 aromatic rings. The van der Waals surface area contributed by atoms with E-state index in [0.717, 1.165) is 39.6 Å². The zero-order chi connectivity index (χ0) is 39.4. The molecule has 1 aliphatic heterocycles. The van der Waals surface area contributed by atoms with E-state index in [2.05, 4.69) is 189 Å². The second-order valence-electron chi connectivity index (χ2n) is 16.2. The highest BCUT2D eigenvalue weighted by Crippen LogP contribution is 2.58. The number of benzene rings is 9. The third-order valence-corrected chi connectivity index (χ3v) is 13.6. The molecule has 0 atom stereocenters. The van der Waals surface area contributed by atoms with Crippen LogP contribution in [0.3, 0.4) is 0 Å². The molecule has 0 saturated carbocycles. The zero-order valence-corrected chi connectivity index (χ0v) is 33.6. The van der Waals surface area contributed by atoms with Crippen LogP contribution in [0.4, 0.5) is 17.3 Å². The summed E-state index contributed by atoms with van der Waals surface area (Å²) in [6.45, 7) is 4.76. The first-order valence-electron chi connectivity index (χ1n) is 20.1. The van der Waals surface area contributed by atoms with Crippen molar-refractivity contribution in [3.63, 3.8) is 0 Å². The zero-order valence-electron chi connectivity index (χ0n) is 32.8. The van der Waals surface area contributed by atoms with E-state index in [0.29, 0.717) is 5.95 Å². The SMILES string of the molecule is COc1ccc2c(c1)c1ccccc1c1cc3c(cc21)C(C)(C)c1cc2c(cc1-3)Sc1cc3ccccc3cc1N2c1nc(-c2ccccc2)cc(-c2ccccc2)n1. The minimum Gasteiger partial charge on any atom is -0.497 e. The van der Waals surface area contributed by atoms with Crippen LogP contribution in [0, 0.1) is 0 Å². The lowest BCUT2D eigenvalue weighted by molar-refractivity contribution is 0.415. The van der Waals surface area contributed by atoms with Gasteiger partial charge in [0, 0.05) is 26.3 Å². The summed E-state index contributed by atoms with van der Waals surface area (Å²) >= 11 is 1.84. The maximum absolute atomic E-state index is 5.71. The monoisotopic (exact) mass is 775 g/mol. The Kier molecular flexibility index (Phi) is 7.39. The first-order valence-corrected chi connectivity index (χ1v) is 20.9. The molecule has 2 heterocycles. The van der Waals surface area contributed by atoms with Crippen LogP contribution in [0.15, 0.2) is 180 Å². The maximum Gasteiger partial charge on any atom is 0.235 e. The van der Waals surface area contributed by atoms with E-state index in [9.17, 15) is 0 Å². The van der Waals surface area contributed by atoms with Crippen LogP contribution < -0.4 is 9.64 Å². The van der Waals surface area contributed by atoms with Crippen LogP contribution >= 0.6 is 11.8 Å². The van der Waals surface area contributed by atoms with Gasteiger partial charge in [-0.15, -0.1) is 0 Å². The van der Waals surface area contributed by atoms with Gasteiger partial charge in [-0.05, 0) is 120 Å². The Morgan fingerprint density at radius 2 is 1.00 bits per heavy atom. The fraction of sp³-hybridized carbons (Fsp3) is 0.0741. The number of rotatable bonds is 4. The average molecular weight is 776 g/mol. The van der Waals surface area contributed by atoms with Crippen molar-refractivity contribution in [1.82, 2.24) is 9.97 Å². The van der Waals surface area contributed by atoms with E-state index in [-0.39, 0.29) is 5.41 Å². The number of hydrogen-bond acceptors (Lipinski definition) is 5. The molecule has 0 N–H and O–H groups in total. The molecule has 0 fully saturated rings. The summed E-state index contributed by atoms with van der Waals surface area (Å²) in [5.74, 6) is 1.52. The second-order valence-corrected chi connectivity index (χ2v) is 17.2. The molecule has 4 nitrogen and oxygen atoms in total. The van der Waals surface area contributed by atoms with Crippen LogP contribution in [0.5, 0.6) is 5.75 Å². The lowest BCUT2D eigenvalue weighted by Gasteiger charge is -2.33. The van der Waals surface area contributed by atoms with E-state index >= 15 is 0 Å². The standard InChI is InChI=1S/C54H37N3OS/c1-54(2)45-28-42-39-23-22-36(58-3)26-40(39)37-20-12-13-21-38(37)41(42)27-43(45)44-29-52-50(30-46(44)54)57(49-24-34-18-10-11-19-35(34)25-51(49)59-52)53-55-47(32-14-6-4-7-15-32)31-48(56-53)33-16-8-5-9-17-33/h4-31H,1-3H3. The molecule has 0 amide bonds. The lowest BCUT2D eigenvalue weighted by atomic mass is 9.81. The molecule has 0 spiro atoms. The third kappa shape index (κ3) is 5.18. The average Bonchev–Trinajstić information content (AvgIpc) is 3.50. The molecule has 0 unspecified atom stereocenters. The van der Waals surface area contributed by atoms with Crippen molar-refractivity contribution in [3.8, 4) is 39.4 Å². The van der Waals surface area contributed by atoms with E-state index in [4.69, 9.17) is 14.7 Å². The Bertz CT molecular complexity index is 3320. The number of methoxy groups -OCH3 is 1. The van der Waals surface area contributed by atoms with Crippen molar-refractivity contribution < 1.29 is 4.74 Å². The second kappa shape index (κ2) is 12.8. The molecule has 12 rings (SSSR count). The van der Waals surface area contributed by atoms with Gasteiger partial charge in [0.05, 0.1) is 29.9 Å². The topological polar surface area (TPSA) is 38.2 Å². The normalized spacial score (nSPS) is 13.7. The molecule has 9 aromatic carbocycles. The smallest absolute Gasteiger partial charge is 0.235 e. The molecule has 59 heavy (non-hydrogen) atoms. The quantitative estimate of drug-likeness (QED) is 0.166. The maximum atomic E-state index is 5.71. The van der Waals surface area contributed by atoms with Crippen LogP contribution in [-0.2, 0) is 5.41 Å². The summed E-state index contributed by atoms with van der Waals surface area (Å²) in [7, 11) is 1.74. The van der Waals surface area contributed by atoms with Gasteiger partial charge in [0.2, 0.25) is 5.95 Å². The van der Waals surface area contributed by atoms with Crippen molar-refractivity contribution in [3.05, 3.63) is 181 Å². The Morgan fingerprint density at radius 3 is 1.68 bits per heavy atom. The number of hydrogen-bond donors (Lipinski definition) is 0. The first-order chi connectivity index (χ1) is 28.9. The van der Waals surface area contributed by atoms with Gasteiger partial charge in [0.25, 0.3) is 0 Å². The van der Waals surface area contributed by atoms with Crippen LogP contribution in [0.25, 0.3) is 76.7 Å². The lowest BCUT2D eigenvalue weighted by Crippen LogP contribution is -2.20. The molecule has 0 radical (unpaired) electrons. The molecule has 0 bridgehead atoms. The summed E-state index contributed by atoms with van der Waals surface area (Å²) in [5.41, 5.74) is 11.0. The van der Waals surface area contributed by atoms with Crippen molar-refractivity contribution in [1.29, 1.82) is 0 Å². The van der Waals surface area contributed by atoms with Gasteiger partial charge in [-0.3, -0.25) is 4.90 Å². The molecule has 0 saturated heterocycles. The largest absolute Gasteiger partial charge is 0.497 e. The minimum atomic E-state index is -0.278. The fourth-order valence-corrected chi connectivity index (χ4v) is 10.6. The molecular weight excluding hydrogens is 739 g/mol. The number of nitrogens with zero attached hydrogens (tertiary/aromatic N) is 3. The van der Waals surface area contributed by atoms with Gasteiger partial charge < -0.3 is 4.74 Å². The summed E-state index contributed by atoms with van der Waals surface area (Å²) in [6.07, 6.45) is 0. The molecule has 2 aliphatic rings. The van der Waals surface area contributed by atoms with E-state index < -0.39 is 0 Å². The van der Waals surface area contributed by atoms with Crippen molar-refractivity contribution >= 4 is 72.2 Å². The van der Waals surface area contributed by atoms with Crippen molar-refractivity contribution in [2.45, 2.75) is 29.1 Å². The van der Waals surface area contributed by atoms with Gasteiger partial charge in [-0.25, -0.2) is 9.97 Å². The molecule has 5 heteroatoms. The molecule has 1 aromatic heterocycles. The molecule has 1 aliphatic carbocycles. The van der Waals surface area contributed by atoms with E-state index in [1.54, 1.807) is 7.11 Å². The van der Waals surface area contributed by atoms with Crippen LogP contribution in [0.1, 0.15) is 25.0 Å². The Hall–Kier alpha value is -6.95. The number of fused-ring (bicyclic) bond motifs is 12. The van der Waals surface area contributed by atoms with Gasteiger partial charge >= 0.3 is 0 Å². The summed E-state index contributed by atoms with van der Waals surface area (Å²) < 4.78 is 5.71. The minimum absolute atomic E-state index is 0.278. The Morgan fingerprint density at radius 1 is 0.475 bits per heavy atom. The van der Waals surface area contributed by atoms with E-state index in [1.165, 1.54) is 75.1 Å². The van der Waals surface area contributed by atoms with Crippen LogP contribution in [-0.4, -0.2) is 17.1 Å². The third-order valence-electron chi connectivity index (χ3n) is 12.5. The highest BCUT2D eigenvalue weighted by molar-refractivity contribution is 7.99. The van der Waals surface area contributed by atoms with Crippen molar-refractivity contribution in [2.24, 2.45) is 0 Å². The predicted octanol–water partition coefficient (Wildman–Crippen LogP) is 14.7. The summed E-state index contributed by atoms with van der Waals surface area (Å²) in [5, 5.41) is 9.86. The van der Waals surface area contributed by atoms with Crippen molar-refractivity contribution in [2.75, 3.05) is 12.0 Å². The highest BCUT2D eigenvalue weighted by Gasteiger charge is 2.39. The van der Waals surface area contributed by atoms with Crippen LogP contribution in [0.2, 0.25) is 0 Å². The number of anilines is 3. The first kappa shape index (κ1) is 34.1. The Labute approximate surface area is 346 Å². The summed E-state index contributed by atoms with van der Waals surface area (Å²) in [6, 6.07) is 61.4. The Balaban J connectivity index is 1.12. The molecular formula is C54H37N3OS. The molecule has 280 valence electrons.